The Morgan fingerprint density at radius 3 is 2.19 bits per heavy atom. The van der Waals surface area contributed by atoms with Gasteiger partial charge in [0.1, 0.15) is 6.54 Å². The van der Waals surface area contributed by atoms with Crippen LogP contribution in [-0.2, 0) is 19.6 Å². The van der Waals surface area contributed by atoms with E-state index in [0.29, 0.717) is 11.3 Å². The maximum absolute atomic E-state index is 12.2. The first kappa shape index (κ1) is 19.5. The topological polar surface area (TPSA) is 92.8 Å². The highest BCUT2D eigenvalue weighted by molar-refractivity contribution is 7.92. The smallest absolute Gasteiger partial charge is 0.338 e. The van der Waals surface area contributed by atoms with Gasteiger partial charge in [0, 0.05) is 5.69 Å². The summed E-state index contributed by atoms with van der Waals surface area (Å²) in [6, 6.07) is 14.6. The summed E-state index contributed by atoms with van der Waals surface area (Å²) in [7, 11) is -3.69. The molecule has 0 unspecified atom stereocenters. The number of amides is 1. The minimum Gasteiger partial charge on any atom is -0.462 e. The van der Waals surface area contributed by atoms with E-state index in [4.69, 9.17) is 4.74 Å². The van der Waals surface area contributed by atoms with Crippen molar-refractivity contribution in [3.63, 3.8) is 0 Å². The fourth-order valence-corrected chi connectivity index (χ4v) is 3.09. The molecule has 0 aromatic heterocycles. The highest BCUT2D eigenvalue weighted by Gasteiger charge is 2.21. The molecule has 0 saturated carbocycles. The average molecular weight is 376 g/mol. The van der Waals surface area contributed by atoms with Gasteiger partial charge in [0.25, 0.3) is 0 Å². The molecule has 7 nitrogen and oxygen atoms in total. The van der Waals surface area contributed by atoms with Gasteiger partial charge in [0.2, 0.25) is 15.9 Å². The second kappa shape index (κ2) is 8.48. The summed E-state index contributed by atoms with van der Waals surface area (Å²) in [5.74, 6) is -0.970. The number of hydrogen-bond donors (Lipinski definition) is 1. The van der Waals surface area contributed by atoms with Crippen LogP contribution in [0.5, 0.6) is 0 Å². The number of nitrogens with zero attached hydrogens (tertiary/aromatic N) is 1. The van der Waals surface area contributed by atoms with Crippen LogP contribution in [0.2, 0.25) is 0 Å². The number of sulfonamides is 1. The number of benzene rings is 2. The molecule has 0 bridgehead atoms. The monoisotopic (exact) mass is 376 g/mol. The number of ether oxygens (including phenoxy) is 1. The molecule has 138 valence electrons. The fraction of sp³-hybridized carbons (Fsp3) is 0.222. The van der Waals surface area contributed by atoms with Crippen LogP contribution >= 0.6 is 0 Å². The molecule has 0 fully saturated rings. The Morgan fingerprint density at radius 2 is 1.65 bits per heavy atom. The number of esters is 1. The second-order valence-electron chi connectivity index (χ2n) is 5.45. The molecule has 0 atom stereocenters. The first-order valence-corrected chi connectivity index (χ1v) is 9.76. The van der Waals surface area contributed by atoms with E-state index in [1.165, 1.54) is 24.3 Å². The van der Waals surface area contributed by atoms with Gasteiger partial charge in [-0.15, -0.1) is 0 Å². The van der Waals surface area contributed by atoms with Crippen molar-refractivity contribution in [1.29, 1.82) is 0 Å². The predicted octanol–water partition coefficient (Wildman–Crippen LogP) is 2.27. The van der Waals surface area contributed by atoms with Gasteiger partial charge in [-0.3, -0.25) is 9.10 Å². The number of anilines is 2. The standard InChI is InChI=1S/C18H20N2O5S/c1-3-25-18(22)14-9-11-16(12-10-14)20(26(2,23)24)13-17(21)19-15-7-5-4-6-8-15/h4-12H,3,13H2,1-2H3,(H,19,21). The van der Waals surface area contributed by atoms with Crippen molar-refractivity contribution in [3.05, 3.63) is 60.2 Å². The van der Waals surface area contributed by atoms with Gasteiger partial charge in [-0.2, -0.15) is 0 Å². The first-order chi connectivity index (χ1) is 12.3. The summed E-state index contributed by atoms with van der Waals surface area (Å²) in [4.78, 5) is 23.9. The van der Waals surface area contributed by atoms with Crippen LogP contribution in [0.1, 0.15) is 17.3 Å². The van der Waals surface area contributed by atoms with E-state index >= 15 is 0 Å². The molecular formula is C18H20N2O5S. The van der Waals surface area contributed by atoms with Crippen molar-refractivity contribution in [2.75, 3.05) is 29.0 Å². The van der Waals surface area contributed by atoms with E-state index in [1.54, 1.807) is 31.2 Å². The minimum absolute atomic E-state index is 0.246. The third-order valence-corrected chi connectivity index (χ3v) is 4.55. The summed E-state index contributed by atoms with van der Waals surface area (Å²) in [5, 5.41) is 2.64. The van der Waals surface area contributed by atoms with Gasteiger partial charge < -0.3 is 10.1 Å². The molecule has 2 aromatic rings. The molecule has 0 aliphatic rings. The maximum atomic E-state index is 12.2. The third-order valence-electron chi connectivity index (χ3n) is 3.41. The van der Waals surface area contributed by atoms with E-state index in [1.807, 2.05) is 6.07 Å². The Labute approximate surface area is 152 Å². The largest absolute Gasteiger partial charge is 0.462 e. The van der Waals surface area contributed by atoms with Crippen molar-refractivity contribution in [3.8, 4) is 0 Å². The molecule has 0 saturated heterocycles. The van der Waals surface area contributed by atoms with Crippen LogP contribution in [0.15, 0.2) is 54.6 Å². The Hall–Kier alpha value is -2.87. The summed E-state index contributed by atoms with van der Waals surface area (Å²) in [6.45, 7) is 1.56. The Bertz CT molecular complexity index is 864. The summed E-state index contributed by atoms with van der Waals surface area (Å²) in [5.41, 5.74) is 1.16. The Kier molecular flexibility index (Phi) is 6.35. The average Bonchev–Trinajstić information content (AvgIpc) is 2.60. The van der Waals surface area contributed by atoms with Crippen LogP contribution in [-0.4, -0.2) is 39.7 Å². The van der Waals surface area contributed by atoms with Crippen molar-refractivity contribution in [2.45, 2.75) is 6.92 Å². The van der Waals surface area contributed by atoms with E-state index in [0.717, 1.165) is 10.6 Å². The van der Waals surface area contributed by atoms with Crippen LogP contribution in [0.25, 0.3) is 0 Å². The lowest BCUT2D eigenvalue weighted by molar-refractivity contribution is -0.114. The highest BCUT2D eigenvalue weighted by atomic mass is 32.2. The third kappa shape index (κ3) is 5.32. The van der Waals surface area contributed by atoms with Gasteiger partial charge in [-0.25, -0.2) is 13.2 Å². The van der Waals surface area contributed by atoms with Crippen molar-refractivity contribution in [2.24, 2.45) is 0 Å². The van der Waals surface area contributed by atoms with Gasteiger partial charge in [0.05, 0.1) is 24.1 Å². The Balaban J connectivity index is 2.17. The second-order valence-corrected chi connectivity index (χ2v) is 7.36. The van der Waals surface area contributed by atoms with E-state index in [2.05, 4.69) is 5.32 Å². The summed E-state index contributed by atoms with van der Waals surface area (Å²) in [6.07, 6.45) is 1.02. The summed E-state index contributed by atoms with van der Waals surface area (Å²) >= 11 is 0. The quantitative estimate of drug-likeness (QED) is 0.748. The molecule has 0 aliphatic heterocycles. The first-order valence-electron chi connectivity index (χ1n) is 7.91. The van der Waals surface area contributed by atoms with Crippen LogP contribution in [0.4, 0.5) is 11.4 Å². The van der Waals surface area contributed by atoms with E-state index in [9.17, 15) is 18.0 Å². The Morgan fingerprint density at radius 1 is 1.04 bits per heavy atom. The predicted molar refractivity (Wildman–Crippen MR) is 99.7 cm³/mol. The van der Waals surface area contributed by atoms with Gasteiger partial charge in [0.15, 0.2) is 0 Å². The molecule has 26 heavy (non-hydrogen) atoms. The lowest BCUT2D eigenvalue weighted by Crippen LogP contribution is -2.37. The normalized spacial score (nSPS) is 10.8. The summed E-state index contributed by atoms with van der Waals surface area (Å²) < 4.78 is 30.1. The molecule has 0 radical (unpaired) electrons. The molecule has 0 heterocycles. The zero-order valence-electron chi connectivity index (χ0n) is 14.5. The number of hydrogen-bond acceptors (Lipinski definition) is 5. The number of nitrogens with one attached hydrogen (secondary N) is 1. The minimum atomic E-state index is -3.69. The zero-order chi connectivity index (χ0) is 19.2. The lowest BCUT2D eigenvalue weighted by Gasteiger charge is -2.22. The molecule has 8 heteroatoms. The zero-order valence-corrected chi connectivity index (χ0v) is 15.3. The van der Waals surface area contributed by atoms with Gasteiger partial charge >= 0.3 is 5.97 Å². The fourth-order valence-electron chi connectivity index (χ4n) is 2.23. The maximum Gasteiger partial charge on any atom is 0.338 e. The number of rotatable bonds is 7. The molecule has 1 N–H and O–H groups in total. The SMILES string of the molecule is CCOC(=O)c1ccc(N(CC(=O)Nc2ccccc2)S(C)(=O)=O)cc1. The molecule has 0 aliphatic carbocycles. The van der Waals surface area contributed by atoms with Gasteiger partial charge in [-0.05, 0) is 43.3 Å². The molecular weight excluding hydrogens is 356 g/mol. The van der Waals surface area contributed by atoms with E-state index < -0.39 is 21.9 Å². The van der Waals surface area contributed by atoms with Crippen molar-refractivity contribution in [1.82, 2.24) is 0 Å². The molecule has 0 spiro atoms. The molecule has 2 aromatic carbocycles. The van der Waals surface area contributed by atoms with Gasteiger partial charge in [-0.1, -0.05) is 18.2 Å². The molecule has 2 rings (SSSR count). The van der Waals surface area contributed by atoms with Crippen molar-refractivity contribution >= 4 is 33.3 Å². The van der Waals surface area contributed by atoms with Crippen LogP contribution in [0, 0.1) is 0 Å². The number of carbonyl (C=O) groups is 2. The lowest BCUT2D eigenvalue weighted by atomic mass is 10.2. The number of para-hydroxylation sites is 1. The van der Waals surface area contributed by atoms with Crippen molar-refractivity contribution < 1.29 is 22.7 Å². The van der Waals surface area contributed by atoms with Crippen LogP contribution < -0.4 is 9.62 Å². The number of carbonyl (C=O) groups excluding carboxylic acids is 2. The highest BCUT2D eigenvalue weighted by Crippen LogP contribution is 2.19. The van der Waals surface area contributed by atoms with Crippen LogP contribution in [0.3, 0.4) is 0 Å². The molecule has 1 amide bonds. The van der Waals surface area contributed by atoms with E-state index in [-0.39, 0.29) is 18.8 Å².